The number of para-hydroxylation sites is 4. The van der Waals surface area contributed by atoms with Crippen molar-refractivity contribution in [3.8, 4) is 33.8 Å². The Bertz CT molecular complexity index is 4160. The fourth-order valence-electron chi connectivity index (χ4n) is 10.7. The van der Waals surface area contributed by atoms with Crippen LogP contribution >= 0.6 is 0 Å². The Kier molecular flexibility index (Phi) is 7.36. The van der Waals surface area contributed by atoms with Crippen LogP contribution in [0.4, 0.5) is 0 Å². The monoisotopic (exact) mass is 812 g/mol. The molecule has 0 aliphatic rings. The van der Waals surface area contributed by atoms with Gasteiger partial charge in [0.15, 0.2) is 0 Å². The fraction of sp³-hybridized carbons (Fsp3) is 0. The van der Waals surface area contributed by atoms with Gasteiger partial charge in [0, 0.05) is 55.5 Å². The Balaban J connectivity index is 1.15. The maximum absolute atomic E-state index is 5.59. The quantitative estimate of drug-likeness (QED) is 0.131. The first-order chi connectivity index (χ1) is 31.7. The number of aromatic nitrogens is 4. The van der Waals surface area contributed by atoms with Crippen molar-refractivity contribution in [2.75, 3.05) is 0 Å². The van der Waals surface area contributed by atoms with Crippen LogP contribution < -0.4 is 0 Å². The van der Waals surface area contributed by atoms with Crippen LogP contribution in [-0.2, 0) is 0 Å². The number of benzene rings is 10. The Morgan fingerprint density at radius 2 is 0.766 bits per heavy atom. The SMILES string of the molecule is c1ccc2cc(-c3c4cc(-n5c6ccccc6c6ccccc65)ccc4c(-c4ccc5ccc6cccnc6c5n4)c4cc(-n5c6ccccc6c6ccccc65)ccc34)ccc2c1. The van der Waals surface area contributed by atoms with Gasteiger partial charge in [0.1, 0.15) is 0 Å². The van der Waals surface area contributed by atoms with Crippen molar-refractivity contribution in [3.63, 3.8) is 0 Å². The lowest BCUT2D eigenvalue weighted by molar-refractivity contribution is 1.18. The first-order valence-corrected chi connectivity index (χ1v) is 21.9. The summed E-state index contributed by atoms with van der Waals surface area (Å²) in [5.41, 5.74) is 13.1. The summed E-state index contributed by atoms with van der Waals surface area (Å²) in [4.78, 5) is 10.5. The maximum atomic E-state index is 5.59. The van der Waals surface area contributed by atoms with Crippen LogP contribution in [0.1, 0.15) is 0 Å². The van der Waals surface area contributed by atoms with Crippen LogP contribution in [0.15, 0.2) is 219 Å². The number of rotatable bonds is 4. The zero-order chi connectivity index (χ0) is 41.9. The molecule has 0 aliphatic heterocycles. The van der Waals surface area contributed by atoms with E-state index in [0.29, 0.717) is 0 Å². The van der Waals surface area contributed by atoms with E-state index in [9.17, 15) is 0 Å². The van der Waals surface area contributed by atoms with E-state index in [2.05, 4.69) is 215 Å². The second-order valence-corrected chi connectivity index (χ2v) is 16.9. The van der Waals surface area contributed by atoms with Crippen LogP contribution in [0.3, 0.4) is 0 Å². The smallest absolute Gasteiger partial charge is 0.0972 e. The van der Waals surface area contributed by atoms with Crippen molar-refractivity contribution in [2.45, 2.75) is 0 Å². The molecular weight excluding hydrogens is 777 g/mol. The summed E-state index contributed by atoms with van der Waals surface area (Å²) >= 11 is 0. The highest BCUT2D eigenvalue weighted by Gasteiger charge is 2.22. The Hall–Kier alpha value is -8.60. The van der Waals surface area contributed by atoms with Gasteiger partial charge in [-0.05, 0) is 110 Å². The molecule has 4 aromatic heterocycles. The zero-order valence-corrected chi connectivity index (χ0v) is 34.6. The third-order valence-electron chi connectivity index (χ3n) is 13.5. The number of fused-ring (bicyclic) bond motifs is 12. The van der Waals surface area contributed by atoms with Crippen LogP contribution in [0, 0.1) is 0 Å². The highest BCUT2D eigenvalue weighted by molar-refractivity contribution is 6.23. The standard InChI is InChI=1S/C60H36N4/c1-2-13-40-34-41(26-23-37(40)12-1)57-48-30-28-43(64-55-21-9-5-17-46(55)47-18-6-10-22-56(47)64)36-51(48)58(52-32-27-39-25-24-38-14-11-33-61-59(38)60(39)62-52)49-31-29-42(35-50(49)57)63-53-19-7-3-15-44(53)45-16-4-8-20-54(45)63/h1-36H. The van der Waals surface area contributed by atoms with E-state index in [4.69, 9.17) is 9.97 Å². The highest BCUT2D eigenvalue weighted by atomic mass is 15.0. The largest absolute Gasteiger partial charge is 0.309 e. The highest BCUT2D eigenvalue weighted by Crippen LogP contribution is 2.47. The predicted octanol–water partition coefficient (Wildman–Crippen LogP) is 15.8. The molecule has 296 valence electrons. The van der Waals surface area contributed by atoms with Crippen molar-refractivity contribution in [3.05, 3.63) is 219 Å². The van der Waals surface area contributed by atoms with E-state index < -0.39 is 0 Å². The van der Waals surface area contributed by atoms with Gasteiger partial charge in [-0.2, -0.15) is 0 Å². The summed E-state index contributed by atoms with van der Waals surface area (Å²) in [7, 11) is 0. The minimum atomic E-state index is 0.899. The number of hydrogen-bond donors (Lipinski definition) is 0. The van der Waals surface area contributed by atoms with Gasteiger partial charge in [-0.3, -0.25) is 4.98 Å². The third-order valence-corrected chi connectivity index (χ3v) is 13.5. The molecule has 14 rings (SSSR count). The molecule has 0 amide bonds. The summed E-state index contributed by atoms with van der Waals surface area (Å²) in [5.74, 6) is 0. The molecule has 4 heteroatoms. The lowest BCUT2D eigenvalue weighted by Gasteiger charge is -2.20. The molecule has 0 radical (unpaired) electrons. The topological polar surface area (TPSA) is 35.6 Å². The minimum absolute atomic E-state index is 0.899. The van der Waals surface area contributed by atoms with E-state index in [-0.39, 0.29) is 0 Å². The van der Waals surface area contributed by atoms with Gasteiger partial charge in [0.25, 0.3) is 0 Å². The summed E-state index contributed by atoms with van der Waals surface area (Å²) in [5, 5.41) is 14.1. The van der Waals surface area contributed by atoms with Crippen LogP contribution in [0.2, 0.25) is 0 Å². The first kappa shape index (κ1) is 35.0. The molecule has 0 bridgehead atoms. The second-order valence-electron chi connectivity index (χ2n) is 16.9. The molecule has 4 nitrogen and oxygen atoms in total. The molecule has 4 heterocycles. The van der Waals surface area contributed by atoms with Crippen LogP contribution in [0.25, 0.3) is 131 Å². The van der Waals surface area contributed by atoms with Gasteiger partial charge in [-0.1, -0.05) is 146 Å². The summed E-state index contributed by atoms with van der Waals surface area (Å²) in [6.45, 7) is 0. The molecule has 64 heavy (non-hydrogen) atoms. The molecule has 0 fully saturated rings. The van der Waals surface area contributed by atoms with Gasteiger partial charge in [0.2, 0.25) is 0 Å². The van der Waals surface area contributed by atoms with Crippen molar-refractivity contribution in [2.24, 2.45) is 0 Å². The van der Waals surface area contributed by atoms with Crippen molar-refractivity contribution in [1.82, 2.24) is 19.1 Å². The Labute approximate surface area is 367 Å². The van der Waals surface area contributed by atoms with E-state index in [1.54, 1.807) is 0 Å². The van der Waals surface area contributed by atoms with Gasteiger partial charge in [-0.15, -0.1) is 0 Å². The van der Waals surface area contributed by atoms with E-state index in [0.717, 1.165) is 55.2 Å². The average Bonchev–Trinajstić information content (AvgIpc) is 3.88. The number of hydrogen-bond acceptors (Lipinski definition) is 2. The molecule has 0 spiro atoms. The van der Waals surface area contributed by atoms with Gasteiger partial charge < -0.3 is 9.13 Å². The van der Waals surface area contributed by atoms with Crippen molar-refractivity contribution < 1.29 is 0 Å². The predicted molar refractivity (Wildman–Crippen MR) is 269 cm³/mol. The van der Waals surface area contributed by atoms with Crippen molar-refractivity contribution in [1.29, 1.82) is 0 Å². The Morgan fingerprint density at radius 3 is 1.38 bits per heavy atom. The molecule has 0 aliphatic carbocycles. The van der Waals surface area contributed by atoms with Crippen LogP contribution in [0.5, 0.6) is 0 Å². The summed E-state index contributed by atoms with van der Waals surface area (Å²) < 4.78 is 4.85. The fourth-order valence-corrected chi connectivity index (χ4v) is 10.7. The molecule has 0 N–H and O–H groups in total. The average molecular weight is 813 g/mol. The van der Waals surface area contributed by atoms with E-state index >= 15 is 0 Å². The van der Waals surface area contributed by atoms with Gasteiger partial charge in [0.05, 0.1) is 38.8 Å². The molecule has 0 unspecified atom stereocenters. The Morgan fingerprint density at radius 1 is 0.297 bits per heavy atom. The van der Waals surface area contributed by atoms with Gasteiger partial charge in [-0.25, -0.2) is 4.98 Å². The van der Waals surface area contributed by atoms with E-state index in [1.807, 2.05) is 12.3 Å². The van der Waals surface area contributed by atoms with Crippen molar-refractivity contribution >= 4 is 97.7 Å². The maximum Gasteiger partial charge on any atom is 0.0972 e. The zero-order valence-electron chi connectivity index (χ0n) is 34.6. The molecule has 0 atom stereocenters. The molecular formula is C60H36N4. The van der Waals surface area contributed by atoms with Crippen LogP contribution in [-0.4, -0.2) is 19.1 Å². The number of pyridine rings is 2. The molecule has 0 saturated heterocycles. The lowest BCUT2D eigenvalue weighted by atomic mass is 9.86. The summed E-state index contributed by atoms with van der Waals surface area (Å²) in [6.07, 6.45) is 1.87. The van der Waals surface area contributed by atoms with E-state index in [1.165, 1.54) is 76.3 Å². The summed E-state index contributed by atoms with van der Waals surface area (Å²) in [6, 6.07) is 77.6. The number of nitrogens with zero attached hydrogens (tertiary/aromatic N) is 4. The lowest BCUT2D eigenvalue weighted by Crippen LogP contribution is -1.99. The van der Waals surface area contributed by atoms with Gasteiger partial charge >= 0.3 is 0 Å². The first-order valence-electron chi connectivity index (χ1n) is 21.9. The normalized spacial score (nSPS) is 12.1. The molecule has 0 saturated carbocycles. The third kappa shape index (κ3) is 5.05. The second kappa shape index (κ2) is 13.4. The molecule has 14 aromatic rings. The minimum Gasteiger partial charge on any atom is -0.309 e. The molecule has 10 aromatic carbocycles.